The topological polar surface area (TPSA) is 32.5 Å². The third kappa shape index (κ3) is 2.72. The molecule has 1 heterocycles. The maximum absolute atomic E-state index is 6.04. The predicted molar refractivity (Wildman–Crippen MR) is 74.5 cm³/mol. The molecule has 1 unspecified atom stereocenters. The van der Waals surface area contributed by atoms with Crippen LogP contribution in [0.1, 0.15) is 18.4 Å². The van der Waals surface area contributed by atoms with E-state index in [4.69, 9.17) is 5.73 Å². The molecule has 1 saturated heterocycles. The zero-order chi connectivity index (χ0) is 12.4. The van der Waals surface area contributed by atoms with Gasteiger partial charge in [0.1, 0.15) is 0 Å². The van der Waals surface area contributed by atoms with Crippen LogP contribution in [-0.4, -0.2) is 38.1 Å². The molecule has 3 heteroatoms. The molecular weight excluding hydrogens is 210 g/mol. The summed E-state index contributed by atoms with van der Waals surface area (Å²) < 4.78 is 0. The highest BCUT2D eigenvalue weighted by molar-refractivity contribution is 5.68. The molecule has 94 valence electrons. The lowest BCUT2D eigenvalue weighted by molar-refractivity contribution is 0.314. The van der Waals surface area contributed by atoms with Crippen LogP contribution in [0.3, 0.4) is 0 Å². The first-order valence-electron chi connectivity index (χ1n) is 6.35. The summed E-state index contributed by atoms with van der Waals surface area (Å²) in [5.41, 5.74) is 9.34. The second-order valence-electron chi connectivity index (χ2n) is 5.22. The highest BCUT2D eigenvalue weighted by Gasteiger charge is 2.22. The van der Waals surface area contributed by atoms with Gasteiger partial charge in [-0.15, -0.1) is 0 Å². The highest BCUT2D eigenvalue weighted by Crippen LogP contribution is 2.25. The molecule has 0 radical (unpaired) electrons. The van der Waals surface area contributed by atoms with Crippen molar-refractivity contribution >= 4 is 11.4 Å². The van der Waals surface area contributed by atoms with Gasteiger partial charge in [-0.3, -0.25) is 0 Å². The molecule has 1 atom stereocenters. The lowest BCUT2D eigenvalue weighted by Gasteiger charge is -2.28. The average molecular weight is 233 g/mol. The number of hydrogen-bond acceptors (Lipinski definition) is 3. The van der Waals surface area contributed by atoms with E-state index in [2.05, 4.69) is 43.0 Å². The Kier molecular flexibility index (Phi) is 3.57. The van der Waals surface area contributed by atoms with Crippen LogP contribution in [0.5, 0.6) is 0 Å². The van der Waals surface area contributed by atoms with E-state index < -0.39 is 0 Å². The molecule has 3 nitrogen and oxygen atoms in total. The smallest absolute Gasteiger partial charge is 0.0600 e. The van der Waals surface area contributed by atoms with Gasteiger partial charge in [0.05, 0.1) is 11.4 Å². The summed E-state index contributed by atoms with van der Waals surface area (Å²) in [6.45, 7) is 4.39. The maximum Gasteiger partial charge on any atom is 0.0600 e. The van der Waals surface area contributed by atoms with Crippen molar-refractivity contribution in [2.45, 2.75) is 25.8 Å². The summed E-state index contributed by atoms with van der Waals surface area (Å²) >= 11 is 0. The lowest BCUT2D eigenvalue weighted by Crippen LogP contribution is -2.36. The molecule has 0 saturated carbocycles. The Morgan fingerprint density at radius 3 is 2.88 bits per heavy atom. The molecule has 1 fully saturated rings. The van der Waals surface area contributed by atoms with Gasteiger partial charge in [0.15, 0.2) is 0 Å². The largest absolute Gasteiger partial charge is 0.397 e. The molecule has 0 aromatic heterocycles. The number of likely N-dealkylation sites (N-methyl/N-ethyl adjacent to an activating group) is 2. The van der Waals surface area contributed by atoms with Crippen molar-refractivity contribution in [3.63, 3.8) is 0 Å². The third-order valence-corrected chi connectivity index (χ3v) is 3.75. The normalized spacial score (nSPS) is 20.8. The van der Waals surface area contributed by atoms with E-state index in [-0.39, 0.29) is 0 Å². The van der Waals surface area contributed by atoms with Crippen LogP contribution in [0, 0.1) is 6.92 Å². The van der Waals surface area contributed by atoms with Crippen LogP contribution in [0.4, 0.5) is 11.4 Å². The Morgan fingerprint density at radius 1 is 1.47 bits per heavy atom. The van der Waals surface area contributed by atoms with Gasteiger partial charge in [0, 0.05) is 19.6 Å². The van der Waals surface area contributed by atoms with Gasteiger partial charge in [0.2, 0.25) is 0 Å². The Balaban J connectivity index is 2.08. The van der Waals surface area contributed by atoms with Gasteiger partial charge in [-0.1, -0.05) is 6.07 Å². The number of anilines is 2. The first-order valence-corrected chi connectivity index (χ1v) is 6.35. The summed E-state index contributed by atoms with van der Waals surface area (Å²) in [6, 6.07) is 6.90. The first-order chi connectivity index (χ1) is 8.08. The fourth-order valence-electron chi connectivity index (χ4n) is 2.61. The van der Waals surface area contributed by atoms with Crippen molar-refractivity contribution in [3.05, 3.63) is 23.8 Å². The maximum atomic E-state index is 6.04. The molecule has 17 heavy (non-hydrogen) atoms. The van der Waals surface area contributed by atoms with E-state index in [0.29, 0.717) is 6.04 Å². The molecule has 2 rings (SSSR count). The second kappa shape index (κ2) is 4.96. The molecule has 1 aromatic carbocycles. The Hall–Kier alpha value is -1.22. The van der Waals surface area contributed by atoms with Crippen LogP contribution in [-0.2, 0) is 0 Å². The number of benzene rings is 1. The zero-order valence-corrected chi connectivity index (χ0v) is 11.1. The molecule has 1 aliphatic heterocycles. The van der Waals surface area contributed by atoms with E-state index in [1.807, 2.05) is 6.07 Å². The first kappa shape index (κ1) is 12.2. The van der Waals surface area contributed by atoms with Crippen molar-refractivity contribution in [3.8, 4) is 0 Å². The van der Waals surface area contributed by atoms with Gasteiger partial charge >= 0.3 is 0 Å². The summed E-state index contributed by atoms with van der Waals surface area (Å²) in [4.78, 5) is 4.73. The quantitative estimate of drug-likeness (QED) is 0.812. The molecule has 1 aliphatic rings. The molecule has 2 N–H and O–H groups in total. The highest BCUT2D eigenvalue weighted by atomic mass is 15.2. The summed E-state index contributed by atoms with van der Waals surface area (Å²) in [7, 11) is 4.35. The van der Waals surface area contributed by atoms with Crippen molar-refractivity contribution in [2.75, 3.05) is 37.8 Å². The van der Waals surface area contributed by atoms with Crippen molar-refractivity contribution < 1.29 is 0 Å². The number of nitrogen functional groups attached to an aromatic ring is 1. The minimum Gasteiger partial charge on any atom is -0.397 e. The van der Waals surface area contributed by atoms with Crippen molar-refractivity contribution in [1.29, 1.82) is 0 Å². The van der Waals surface area contributed by atoms with Gasteiger partial charge in [-0.25, -0.2) is 0 Å². The Morgan fingerprint density at radius 2 is 2.24 bits per heavy atom. The number of aryl methyl sites for hydroxylation is 1. The summed E-state index contributed by atoms with van der Waals surface area (Å²) in [6.07, 6.45) is 2.62. The minimum atomic E-state index is 0.667. The molecule has 1 aromatic rings. The number of nitrogens with zero attached hydrogens (tertiary/aromatic N) is 2. The van der Waals surface area contributed by atoms with Crippen LogP contribution in [0.25, 0.3) is 0 Å². The van der Waals surface area contributed by atoms with E-state index in [0.717, 1.165) is 17.9 Å². The Labute approximate surface area is 104 Å². The summed E-state index contributed by atoms with van der Waals surface area (Å²) in [5, 5.41) is 0. The van der Waals surface area contributed by atoms with Crippen molar-refractivity contribution in [2.24, 2.45) is 0 Å². The molecule has 0 spiro atoms. The van der Waals surface area contributed by atoms with E-state index in [1.54, 1.807) is 0 Å². The van der Waals surface area contributed by atoms with E-state index in [9.17, 15) is 0 Å². The van der Waals surface area contributed by atoms with Crippen molar-refractivity contribution in [1.82, 2.24) is 4.90 Å². The fourth-order valence-corrected chi connectivity index (χ4v) is 2.61. The second-order valence-corrected chi connectivity index (χ2v) is 5.22. The SMILES string of the molecule is Cc1ccc(N)c(N(C)CC2CCCN2C)c1. The molecule has 0 aliphatic carbocycles. The lowest BCUT2D eigenvalue weighted by atomic mass is 10.1. The van der Waals surface area contributed by atoms with Crippen LogP contribution in [0.15, 0.2) is 18.2 Å². The van der Waals surface area contributed by atoms with E-state index >= 15 is 0 Å². The fraction of sp³-hybridized carbons (Fsp3) is 0.571. The van der Waals surface area contributed by atoms with Gasteiger partial charge in [0.25, 0.3) is 0 Å². The predicted octanol–water partition coefficient (Wildman–Crippen LogP) is 2.11. The average Bonchev–Trinajstić information content (AvgIpc) is 2.68. The number of likely N-dealkylation sites (tertiary alicyclic amines) is 1. The number of hydrogen-bond donors (Lipinski definition) is 1. The van der Waals surface area contributed by atoms with E-state index in [1.165, 1.54) is 24.9 Å². The number of nitrogens with two attached hydrogens (primary N) is 1. The van der Waals surface area contributed by atoms with Crippen LogP contribution in [0.2, 0.25) is 0 Å². The Bertz CT molecular complexity index is 389. The number of rotatable bonds is 3. The molecule has 0 bridgehead atoms. The monoisotopic (exact) mass is 233 g/mol. The molecule has 0 amide bonds. The third-order valence-electron chi connectivity index (χ3n) is 3.75. The summed E-state index contributed by atoms with van der Waals surface area (Å²) in [5.74, 6) is 0. The van der Waals surface area contributed by atoms with Crippen LogP contribution >= 0.6 is 0 Å². The minimum absolute atomic E-state index is 0.667. The standard InChI is InChI=1S/C14H23N3/c1-11-6-7-13(15)14(9-11)17(3)10-12-5-4-8-16(12)2/h6-7,9,12H,4-5,8,10,15H2,1-3H3. The van der Waals surface area contributed by atoms with Crippen LogP contribution < -0.4 is 10.6 Å². The zero-order valence-electron chi connectivity index (χ0n) is 11.1. The molecular formula is C14H23N3. The van der Waals surface area contributed by atoms with Gasteiger partial charge in [-0.2, -0.15) is 0 Å². The van der Waals surface area contributed by atoms with Gasteiger partial charge in [-0.05, 0) is 51.1 Å². The van der Waals surface area contributed by atoms with Gasteiger partial charge < -0.3 is 15.5 Å².